The zero-order valence-electron chi connectivity index (χ0n) is 9.34. The van der Waals surface area contributed by atoms with E-state index in [0.29, 0.717) is 17.0 Å². The Morgan fingerprint density at radius 2 is 1.67 bits per heavy atom. The van der Waals surface area contributed by atoms with Gasteiger partial charge in [-0.15, -0.1) is 0 Å². The highest BCUT2D eigenvalue weighted by Crippen LogP contribution is 2.30. The predicted octanol–water partition coefficient (Wildman–Crippen LogP) is 5.30. The van der Waals surface area contributed by atoms with Gasteiger partial charge in [-0.1, -0.05) is 45.7 Å². The van der Waals surface area contributed by atoms with E-state index in [1.54, 1.807) is 6.07 Å². The molecule has 0 spiro atoms. The van der Waals surface area contributed by atoms with E-state index < -0.39 is 11.6 Å². The molecule has 0 saturated carbocycles. The molecule has 0 aliphatic carbocycles. The SMILES string of the molecule is Fc1cc(F)cc(C(Br)Cc2ccccc2Cl)c1. The van der Waals surface area contributed by atoms with E-state index in [1.807, 2.05) is 18.2 Å². The third kappa shape index (κ3) is 3.30. The highest BCUT2D eigenvalue weighted by molar-refractivity contribution is 9.09. The summed E-state index contributed by atoms with van der Waals surface area (Å²) in [7, 11) is 0. The van der Waals surface area contributed by atoms with Crippen LogP contribution in [0, 0.1) is 11.6 Å². The van der Waals surface area contributed by atoms with E-state index >= 15 is 0 Å². The average molecular weight is 332 g/mol. The van der Waals surface area contributed by atoms with E-state index in [4.69, 9.17) is 11.6 Å². The second kappa shape index (κ2) is 5.81. The van der Waals surface area contributed by atoms with Gasteiger partial charge in [-0.05, 0) is 35.7 Å². The second-order valence-electron chi connectivity index (χ2n) is 3.97. The van der Waals surface area contributed by atoms with E-state index in [1.165, 1.54) is 12.1 Å². The first-order valence-electron chi connectivity index (χ1n) is 5.40. The van der Waals surface area contributed by atoms with Crippen LogP contribution in [0.15, 0.2) is 42.5 Å². The first-order chi connectivity index (χ1) is 8.56. The molecular weight excluding hydrogens is 322 g/mol. The third-order valence-corrected chi connectivity index (χ3v) is 3.82. The van der Waals surface area contributed by atoms with Gasteiger partial charge in [-0.3, -0.25) is 0 Å². The average Bonchev–Trinajstić information content (AvgIpc) is 2.31. The molecule has 0 amide bonds. The highest BCUT2D eigenvalue weighted by Gasteiger charge is 2.12. The van der Waals surface area contributed by atoms with Gasteiger partial charge in [-0.2, -0.15) is 0 Å². The molecule has 0 bridgehead atoms. The van der Waals surface area contributed by atoms with E-state index in [9.17, 15) is 8.78 Å². The Hall–Kier alpha value is -0.930. The molecular formula is C14H10BrClF2. The van der Waals surface area contributed by atoms with Crippen molar-refractivity contribution in [1.82, 2.24) is 0 Å². The summed E-state index contributed by atoms with van der Waals surface area (Å²) in [6, 6.07) is 10.9. The number of benzene rings is 2. The van der Waals surface area contributed by atoms with Crippen LogP contribution in [0.25, 0.3) is 0 Å². The van der Waals surface area contributed by atoms with Gasteiger partial charge >= 0.3 is 0 Å². The van der Waals surface area contributed by atoms with Crippen LogP contribution in [0.3, 0.4) is 0 Å². The molecule has 0 aliphatic rings. The number of alkyl halides is 1. The zero-order chi connectivity index (χ0) is 13.1. The van der Waals surface area contributed by atoms with E-state index in [-0.39, 0.29) is 4.83 Å². The minimum absolute atomic E-state index is 0.178. The van der Waals surface area contributed by atoms with Crippen molar-refractivity contribution in [3.05, 3.63) is 70.2 Å². The summed E-state index contributed by atoms with van der Waals surface area (Å²) in [5, 5.41) is 0.652. The molecule has 0 nitrogen and oxygen atoms in total. The van der Waals surface area contributed by atoms with Crippen molar-refractivity contribution in [3.63, 3.8) is 0 Å². The van der Waals surface area contributed by atoms with Gasteiger partial charge in [0, 0.05) is 15.9 Å². The maximum Gasteiger partial charge on any atom is 0.126 e. The van der Waals surface area contributed by atoms with E-state index in [2.05, 4.69) is 15.9 Å². The Kier molecular flexibility index (Phi) is 4.36. The molecule has 0 saturated heterocycles. The Labute approximate surface area is 118 Å². The van der Waals surface area contributed by atoms with Crippen molar-refractivity contribution < 1.29 is 8.78 Å². The number of halogens is 4. The van der Waals surface area contributed by atoms with Crippen LogP contribution in [-0.4, -0.2) is 0 Å². The lowest BCUT2D eigenvalue weighted by Crippen LogP contribution is -1.98. The zero-order valence-corrected chi connectivity index (χ0v) is 11.7. The van der Waals surface area contributed by atoms with Crippen molar-refractivity contribution >= 4 is 27.5 Å². The number of hydrogen-bond acceptors (Lipinski definition) is 0. The van der Waals surface area contributed by atoms with Gasteiger partial charge in [0.05, 0.1) is 0 Å². The highest BCUT2D eigenvalue weighted by atomic mass is 79.9. The maximum atomic E-state index is 13.1. The van der Waals surface area contributed by atoms with Crippen LogP contribution >= 0.6 is 27.5 Å². The lowest BCUT2D eigenvalue weighted by Gasteiger charge is -2.11. The molecule has 0 fully saturated rings. The fourth-order valence-electron chi connectivity index (χ4n) is 1.73. The molecule has 2 aromatic rings. The smallest absolute Gasteiger partial charge is 0.126 e. The lowest BCUT2D eigenvalue weighted by atomic mass is 10.0. The Morgan fingerprint density at radius 3 is 2.28 bits per heavy atom. The Morgan fingerprint density at radius 1 is 1.06 bits per heavy atom. The van der Waals surface area contributed by atoms with Gasteiger partial charge in [0.2, 0.25) is 0 Å². The van der Waals surface area contributed by atoms with Crippen LogP contribution in [0.1, 0.15) is 16.0 Å². The predicted molar refractivity (Wildman–Crippen MR) is 73.2 cm³/mol. The topological polar surface area (TPSA) is 0 Å². The fourth-order valence-corrected chi connectivity index (χ4v) is 2.56. The molecule has 2 rings (SSSR count). The summed E-state index contributed by atoms with van der Waals surface area (Å²) in [5.74, 6) is -1.15. The van der Waals surface area contributed by atoms with Crippen LogP contribution in [0.2, 0.25) is 5.02 Å². The minimum atomic E-state index is -0.575. The summed E-state index contributed by atoms with van der Waals surface area (Å²) in [6.45, 7) is 0. The third-order valence-electron chi connectivity index (χ3n) is 2.60. The summed E-state index contributed by atoms with van der Waals surface area (Å²) >= 11 is 9.48. The quantitative estimate of drug-likeness (QED) is 0.670. The molecule has 0 radical (unpaired) electrons. The largest absolute Gasteiger partial charge is 0.207 e. The summed E-state index contributed by atoms with van der Waals surface area (Å²) < 4.78 is 26.2. The summed E-state index contributed by atoms with van der Waals surface area (Å²) in [6.07, 6.45) is 0.572. The molecule has 1 unspecified atom stereocenters. The lowest BCUT2D eigenvalue weighted by molar-refractivity contribution is 0.579. The molecule has 0 heterocycles. The normalized spacial score (nSPS) is 12.4. The van der Waals surface area contributed by atoms with Crippen molar-refractivity contribution in [2.75, 3.05) is 0 Å². The molecule has 18 heavy (non-hydrogen) atoms. The number of rotatable bonds is 3. The Bertz CT molecular complexity index is 537. The van der Waals surface area contributed by atoms with Crippen molar-refractivity contribution in [2.45, 2.75) is 11.2 Å². The minimum Gasteiger partial charge on any atom is -0.207 e. The molecule has 0 aromatic heterocycles. The Balaban J connectivity index is 2.22. The fraction of sp³-hybridized carbons (Fsp3) is 0.143. The van der Waals surface area contributed by atoms with Gasteiger partial charge in [0.15, 0.2) is 0 Å². The summed E-state index contributed by atoms with van der Waals surface area (Å²) in [5.41, 5.74) is 1.50. The molecule has 4 heteroatoms. The molecule has 1 atom stereocenters. The van der Waals surface area contributed by atoms with Crippen molar-refractivity contribution in [2.24, 2.45) is 0 Å². The van der Waals surface area contributed by atoms with Crippen molar-refractivity contribution in [3.8, 4) is 0 Å². The second-order valence-corrected chi connectivity index (χ2v) is 5.48. The monoisotopic (exact) mass is 330 g/mol. The molecule has 0 aliphatic heterocycles. The summed E-state index contributed by atoms with van der Waals surface area (Å²) in [4.78, 5) is -0.178. The van der Waals surface area contributed by atoms with Gasteiger partial charge in [0.1, 0.15) is 11.6 Å². The molecule has 94 valence electrons. The maximum absolute atomic E-state index is 13.1. The standard InChI is InChI=1S/C14H10BrClF2/c15-13(7-9-3-1-2-4-14(9)16)10-5-11(17)8-12(18)6-10/h1-6,8,13H,7H2. The van der Waals surface area contributed by atoms with E-state index in [0.717, 1.165) is 11.6 Å². The number of hydrogen-bond donors (Lipinski definition) is 0. The first-order valence-corrected chi connectivity index (χ1v) is 6.69. The van der Waals surface area contributed by atoms with Crippen LogP contribution in [0.4, 0.5) is 8.78 Å². The van der Waals surface area contributed by atoms with Crippen LogP contribution in [-0.2, 0) is 6.42 Å². The molecule has 2 aromatic carbocycles. The van der Waals surface area contributed by atoms with Gasteiger partial charge in [-0.25, -0.2) is 8.78 Å². The van der Waals surface area contributed by atoms with Crippen molar-refractivity contribution in [1.29, 1.82) is 0 Å². The van der Waals surface area contributed by atoms with Crippen LogP contribution < -0.4 is 0 Å². The molecule has 0 N–H and O–H groups in total. The van der Waals surface area contributed by atoms with Gasteiger partial charge in [0.25, 0.3) is 0 Å². The van der Waals surface area contributed by atoms with Gasteiger partial charge < -0.3 is 0 Å². The van der Waals surface area contributed by atoms with Crippen LogP contribution in [0.5, 0.6) is 0 Å². The first kappa shape index (κ1) is 13.5.